The summed E-state index contributed by atoms with van der Waals surface area (Å²) < 4.78 is 11.0. The van der Waals surface area contributed by atoms with Gasteiger partial charge in [-0.3, -0.25) is 0 Å². The normalized spacial score (nSPS) is 20.8. The molecule has 2 N–H and O–H groups in total. The monoisotopic (exact) mass is 271 g/mol. The zero-order valence-corrected chi connectivity index (χ0v) is 11.8. The molecule has 1 aliphatic heterocycles. The second-order valence-electron chi connectivity index (χ2n) is 5.41. The maximum Gasteiger partial charge on any atom is 0.126 e. The summed E-state index contributed by atoms with van der Waals surface area (Å²) in [6, 6.07) is 12.4. The summed E-state index contributed by atoms with van der Waals surface area (Å²) in [4.78, 5) is 0. The molecule has 2 aromatic rings. The summed E-state index contributed by atoms with van der Waals surface area (Å²) in [5, 5.41) is 2.31. The Morgan fingerprint density at radius 1 is 1.20 bits per heavy atom. The molecule has 0 aromatic heterocycles. The minimum Gasteiger partial charge on any atom is -0.496 e. The fourth-order valence-corrected chi connectivity index (χ4v) is 3.07. The largest absolute Gasteiger partial charge is 0.496 e. The molecule has 1 fully saturated rings. The van der Waals surface area contributed by atoms with E-state index in [1.165, 1.54) is 10.9 Å². The lowest BCUT2D eigenvalue weighted by Gasteiger charge is -2.28. The van der Waals surface area contributed by atoms with E-state index in [-0.39, 0.29) is 6.04 Å². The SMILES string of the molecule is COc1ccc(C(N)C2CCCOC2)c2ccccc12. The van der Waals surface area contributed by atoms with Crippen LogP contribution < -0.4 is 10.5 Å². The van der Waals surface area contributed by atoms with Gasteiger partial charge in [0.15, 0.2) is 0 Å². The summed E-state index contributed by atoms with van der Waals surface area (Å²) >= 11 is 0. The van der Waals surface area contributed by atoms with Crippen molar-refractivity contribution < 1.29 is 9.47 Å². The first kappa shape index (κ1) is 13.4. The Labute approximate surface area is 119 Å². The van der Waals surface area contributed by atoms with E-state index in [9.17, 15) is 0 Å². The van der Waals surface area contributed by atoms with Gasteiger partial charge in [-0.25, -0.2) is 0 Å². The maximum atomic E-state index is 6.51. The lowest BCUT2D eigenvalue weighted by molar-refractivity contribution is 0.0449. The Bertz CT molecular complexity index is 591. The van der Waals surface area contributed by atoms with Crippen LogP contribution in [0.3, 0.4) is 0 Å². The number of rotatable bonds is 3. The van der Waals surface area contributed by atoms with E-state index in [4.69, 9.17) is 15.2 Å². The molecule has 1 saturated heterocycles. The number of hydrogen-bond acceptors (Lipinski definition) is 3. The van der Waals surface area contributed by atoms with Crippen molar-refractivity contribution in [3.63, 3.8) is 0 Å². The van der Waals surface area contributed by atoms with Crippen molar-refractivity contribution in [3.8, 4) is 5.75 Å². The zero-order valence-electron chi connectivity index (χ0n) is 11.8. The maximum absolute atomic E-state index is 6.51. The average Bonchev–Trinajstić information content (AvgIpc) is 2.54. The molecule has 20 heavy (non-hydrogen) atoms. The fourth-order valence-electron chi connectivity index (χ4n) is 3.07. The van der Waals surface area contributed by atoms with Crippen LogP contribution in [0.5, 0.6) is 5.75 Å². The van der Waals surface area contributed by atoms with Crippen LogP contribution in [0.25, 0.3) is 10.8 Å². The molecular formula is C17H21NO2. The second-order valence-corrected chi connectivity index (χ2v) is 5.41. The van der Waals surface area contributed by atoms with Gasteiger partial charge in [-0.15, -0.1) is 0 Å². The topological polar surface area (TPSA) is 44.5 Å². The quantitative estimate of drug-likeness (QED) is 0.931. The van der Waals surface area contributed by atoms with Gasteiger partial charge in [0.1, 0.15) is 5.75 Å². The van der Waals surface area contributed by atoms with Crippen molar-refractivity contribution in [2.45, 2.75) is 18.9 Å². The van der Waals surface area contributed by atoms with Gasteiger partial charge >= 0.3 is 0 Å². The third kappa shape index (κ3) is 2.39. The first-order chi connectivity index (χ1) is 9.81. The highest BCUT2D eigenvalue weighted by atomic mass is 16.5. The molecule has 2 unspecified atom stereocenters. The van der Waals surface area contributed by atoms with Crippen LogP contribution >= 0.6 is 0 Å². The van der Waals surface area contributed by atoms with Crippen molar-refractivity contribution >= 4 is 10.8 Å². The molecule has 3 rings (SSSR count). The molecule has 0 spiro atoms. The first-order valence-corrected chi connectivity index (χ1v) is 7.20. The van der Waals surface area contributed by atoms with Crippen LogP contribution in [-0.2, 0) is 4.74 Å². The second kappa shape index (κ2) is 5.81. The minimum absolute atomic E-state index is 0.0195. The van der Waals surface area contributed by atoms with Crippen LogP contribution in [0.4, 0.5) is 0 Å². The van der Waals surface area contributed by atoms with Gasteiger partial charge in [-0.2, -0.15) is 0 Å². The van der Waals surface area contributed by atoms with Crippen LogP contribution in [0.1, 0.15) is 24.4 Å². The summed E-state index contributed by atoms with van der Waals surface area (Å²) in [5.41, 5.74) is 7.70. The minimum atomic E-state index is 0.0195. The molecule has 2 aromatic carbocycles. The third-order valence-electron chi connectivity index (χ3n) is 4.20. The lowest BCUT2D eigenvalue weighted by atomic mass is 9.87. The molecule has 0 bridgehead atoms. The molecular weight excluding hydrogens is 250 g/mol. The highest BCUT2D eigenvalue weighted by molar-refractivity contribution is 5.91. The number of methoxy groups -OCH3 is 1. The van der Waals surface area contributed by atoms with Gasteiger partial charge in [0.2, 0.25) is 0 Å². The number of hydrogen-bond donors (Lipinski definition) is 1. The molecule has 0 radical (unpaired) electrons. The fraction of sp³-hybridized carbons (Fsp3) is 0.412. The Balaban J connectivity index is 2.02. The van der Waals surface area contributed by atoms with Crippen molar-refractivity contribution in [1.29, 1.82) is 0 Å². The highest BCUT2D eigenvalue weighted by Gasteiger charge is 2.24. The summed E-state index contributed by atoms with van der Waals surface area (Å²) in [6.45, 7) is 1.63. The number of benzene rings is 2. The average molecular weight is 271 g/mol. The molecule has 3 heteroatoms. The van der Waals surface area contributed by atoms with Crippen molar-refractivity contribution in [2.75, 3.05) is 20.3 Å². The van der Waals surface area contributed by atoms with E-state index in [0.29, 0.717) is 5.92 Å². The van der Waals surface area contributed by atoms with E-state index in [2.05, 4.69) is 24.3 Å². The molecule has 1 aliphatic rings. The van der Waals surface area contributed by atoms with Crippen molar-refractivity contribution in [1.82, 2.24) is 0 Å². The summed E-state index contributed by atoms with van der Waals surface area (Å²) in [6.07, 6.45) is 2.24. The summed E-state index contributed by atoms with van der Waals surface area (Å²) in [7, 11) is 1.70. The highest BCUT2D eigenvalue weighted by Crippen LogP contribution is 2.35. The van der Waals surface area contributed by atoms with Gasteiger partial charge < -0.3 is 15.2 Å². The zero-order chi connectivity index (χ0) is 13.9. The molecule has 0 amide bonds. The first-order valence-electron chi connectivity index (χ1n) is 7.20. The van der Waals surface area contributed by atoms with Gasteiger partial charge in [0.05, 0.1) is 13.7 Å². The smallest absolute Gasteiger partial charge is 0.126 e. The van der Waals surface area contributed by atoms with E-state index in [0.717, 1.165) is 37.2 Å². The van der Waals surface area contributed by atoms with Gasteiger partial charge in [0.25, 0.3) is 0 Å². The molecule has 2 atom stereocenters. The lowest BCUT2D eigenvalue weighted by Crippen LogP contribution is -2.29. The van der Waals surface area contributed by atoms with E-state index >= 15 is 0 Å². The Morgan fingerprint density at radius 2 is 2.00 bits per heavy atom. The Morgan fingerprint density at radius 3 is 2.70 bits per heavy atom. The van der Waals surface area contributed by atoms with Gasteiger partial charge in [0, 0.05) is 24.0 Å². The molecule has 0 saturated carbocycles. The van der Waals surface area contributed by atoms with Crippen molar-refractivity contribution in [3.05, 3.63) is 42.0 Å². The molecule has 0 aliphatic carbocycles. The molecule has 3 nitrogen and oxygen atoms in total. The van der Waals surface area contributed by atoms with Crippen LogP contribution in [0.2, 0.25) is 0 Å². The van der Waals surface area contributed by atoms with Crippen LogP contribution in [-0.4, -0.2) is 20.3 Å². The third-order valence-corrected chi connectivity index (χ3v) is 4.20. The van der Waals surface area contributed by atoms with E-state index in [1.807, 2.05) is 12.1 Å². The predicted octanol–water partition coefficient (Wildman–Crippen LogP) is 3.27. The van der Waals surface area contributed by atoms with E-state index < -0.39 is 0 Å². The Hall–Kier alpha value is -1.58. The number of fused-ring (bicyclic) bond motifs is 1. The van der Waals surface area contributed by atoms with E-state index in [1.54, 1.807) is 7.11 Å². The Kier molecular flexibility index (Phi) is 3.90. The van der Waals surface area contributed by atoms with Crippen LogP contribution in [0, 0.1) is 5.92 Å². The standard InChI is InChI=1S/C17H21NO2/c1-19-16-9-8-15(13-6-2-3-7-14(13)16)17(18)12-5-4-10-20-11-12/h2-3,6-9,12,17H,4-5,10-11,18H2,1H3. The van der Waals surface area contributed by atoms with Gasteiger partial charge in [-0.1, -0.05) is 30.3 Å². The summed E-state index contributed by atoms with van der Waals surface area (Å²) in [5.74, 6) is 1.30. The number of nitrogens with two attached hydrogens (primary N) is 1. The molecule has 1 heterocycles. The van der Waals surface area contributed by atoms with Crippen LogP contribution in [0.15, 0.2) is 36.4 Å². The number of ether oxygens (including phenoxy) is 2. The predicted molar refractivity (Wildman–Crippen MR) is 81.0 cm³/mol. The molecule has 106 valence electrons. The van der Waals surface area contributed by atoms with Crippen molar-refractivity contribution in [2.24, 2.45) is 11.7 Å². The van der Waals surface area contributed by atoms with Gasteiger partial charge in [-0.05, 0) is 29.9 Å².